The zero-order chi connectivity index (χ0) is 36.3. The summed E-state index contributed by atoms with van der Waals surface area (Å²) in [5.41, 5.74) is 23.0. The lowest BCUT2D eigenvalue weighted by atomic mass is 9.87. The van der Waals surface area contributed by atoms with Crippen molar-refractivity contribution in [3.63, 3.8) is 0 Å². The molecule has 3 heteroatoms. The van der Waals surface area contributed by atoms with Gasteiger partial charge in [-0.15, -0.1) is 0 Å². The molecule has 258 valence electrons. The van der Waals surface area contributed by atoms with Crippen molar-refractivity contribution in [2.45, 2.75) is 12.8 Å². The number of anilines is 2. The number of fused-ring (bicyclic) bond motifs is 8. The number of rotatable bonds is 6. The van der Waals surface area contributed by atoms with Crippen LogP contribution in [0.1, 0.15) is 35.1 Å². The number of hydrogen-bond acceptors (Lipinski definition) is 3. The maximum Gasteiger partial charge on any atom is 0.136 e. The Morgan fingerprint density at radius 2 is 1.22 bits per heavy atom. The number of nitrogens with zero attached hydrogens (tertiary/aromatic N) is 1. The molecule has 0 N–H and O–H groups in total. The van der Waals surface area contributed by atoms with Gasteiger partial charge in [0.15, 0.2) is 0 Å². The molecule has 55 heavy (non-hydrogen) atoms. The van der Waals surface area contributed by atoms with Crippen LogP contribution in [0.5, 0.6) is 0 Å². The van der Waals surface area contributed by atoms with E-state index in [-0.39, 0.29) is 0 Å². The van der Waals surface area contributed by atoms with Gasteiger partial charge in [0, 0.05) is 49.6 Å². The molecule has 0 spiro atoms. The van der Waals surface area contributed by atoms with Crippen LogP contribution in [-0.2, 0) is 0 Å². The summed E-state index contributed by atoms with van der Waals surface area (Å²) >= 11 is 0. The van der Waals surface area contributed by atoms with E-state index in [1.54, 1.807) is 0 Å². The Hall–Kier alpha value is -7.28. The first-order valence-corrected chi connectivity index (χ1v) is 18.8. The molecule has 0 aliphatic heterocycles. The Bertz CT molecular complexity index is 3160. The van der Waals surface area contributed by atoms with Gasteiger partial charge in [-0.1, -0.05) is 121 Å². The Labute approximate surface area is 318 Å². The summed E-state index contributed by atoms with van der Waals surface area (Å²) in [6, 6.07) is 55.6. The summed E-state index contributed by atoms with van der Waals surface area (Å²) in [5, 5.41) is 4.47. The first kappa shape index (κ1) is 31.3. The van der Waals surface area contributed by atoms with E-state index in [1.807, 2.05) is 30.3 Å². The fraction of sp³-hybridized carbons (Fsp3) is 0.0385. The van der Waals surface area contributed by atoms with Gasteiger partial charge in [0.25, 0.3) is 0 Å². The third kappa shape index (κ3) is 5.23. The van der Waals surface area contributed by atoms with E-state index in [4.69, 9.17) is 8.83 Å². The van der Waals surface area contributed by atoms with Crippen LogP contribution in [-0.4, -0.2) is 0 Å². The van der Waals surface area contributed by atoms with Gasteiger partial charge in [0.05, 0.1) is 5.69 Å². The minimum atomic E-state index is 0.868. The number of para-hydroxylation sites is 3. The molecule has 3 nitrogen and oxygen atoms in total. The van der Waals surface area contributed by atoms with E-state index >= 15 is 0 Å². The molecule has 0 fully saturated rings. The number of hydrogen-bond donors (Lipinski definition) is 0. The fourth-order valence-corrected chi connectivity index (χ4v) is 8.42. The van der Waals surface area contributed by atoms with Gasteiger partial charge in [0.2, 0.25) is 0 Å². The van der Waals surface area contributed by atoms with Crippen LogP contribution in [0.25, 0.3) is 72.2 Å². The Kier molecular flexibility index (Phi) is 7.21. The summed E-state index contributed by atoms with van der Waals surface area (Å²) in [6.07, 6.45) is 8.57. The van der Waals surface area contributed by atoms with E-state index < -0.39 is 0 Å². The summed E-state index contributed by atoms with van der Waals surface area (Å²) in [4.78, 5) is 2.45. The van der Waals surface area contributed by atoms with Crippen molar-refractivity contribution in [3.05, 3.63) is 209 Å². The molecule has 2 aliphatic carbocycles. The highest BCUT2D eigenvalue weighted by Crippen LogP contribution is 2.45. The number of allylic oxidation sites excluding steroid dienone is 4. The zero-order valence-corrected chi connectivity index (χ0v) is 29.9. The molecule has 2 heterocycles. The van der Waals surface area contributed by atoms with Crippen molar-refractivity contribution in [2.24, 2.45) is 0 Å². The third-order valence-corrected chi connectivity index (χ3v) is 11.0. The molecule has 0 saturated heterocycles. The highest BCUT2D eigenvalue weighted by Gasteiger charge is 2.26. The summed E-state index contributed by atoms with van der Waals surface area (Å²) < 4.78 is 12.6. The van der Waals surface area contributed by atoms with Crippen LogP contribution in [0.3, 0.4) is 0 Å². The van der Waals surface area contributed by atoms with Crippen molar-refractivity contribution >= 4 is 72.5 Å². The van der Waals surface area contributed by atoms with Crippen LogP contribution in [0.15, 0.2) is 196 Å². The monoisotopic (exact) mass is 703 g/mol. The SMILES string of the molecule is C1=C=C(c2ccccc2N(C2=CC(c3ccc4oc5ccccc5c4c3)=CCC2)c2ccc(-c3ccccc3)cc2)c2c(ccc3oc4ccccc4c23)C=1. The zero-order valence-electron chi connectivity index (χ0n) is 29.9. The molecule has 2 aromatic heterocycles. The van der Waals surface area contributed by atoms with Crippen LogP contribution in [0.4, 0.5) is 11.4 Å². The molecule has 0 unspecified atom stereocenters. The normalized spacial score (nSPS) is 13.6. The average Bonchev–Trinajstić information content (AvgIpc) is 3.83. The van der Waals surface area contributed by atoms with Gasteiger partial charge in [-0.25, -0.2) is 0 Å². The Morgan fingerprint density at radius 1 is 0.545 bits per heavy atom. The molecule has 0 atom stereocenters. The second kappa shape index (κ2) is 12.7. The average molecular weight is 704 g/mol. The van der Waals surface area contributed by atoms with Gasteiger partial charge in [-0.3, -0.25) is 0 Å². The minimum Gasteiger partial charge on any atom is -0.456 e. The van der Waals surface area contributed by atoms with Crippen molar-refractivity contribution < 1.29 is 8.83 Å². The molecule has 0 saturated carbocycles. The van der Waals surface area contributed by atoms with Crippen molar-refractivity contribution in [1.29, 1.82) is 0 Å². The molecule has 0 amide bonds. The maximum absolute atomic E-state index is 6.38. The highest BCUT2D eigenvalue weighted by molar-refractivity contribution is 6.14. The molecule has 0 radical (unpaired) electrons. The first-order valence-electron chi connectivity index (χ1n) is 18.8. The van der Waals surface area contributed by atoms with Crippen LogP contribution in [0.2, 0.25) is 0 Å². The molecular formula is C52H33NO2. The minimum absolute atomic E-state index is 0.868. The predicted molar refractivity (Wildman–Crippen MR) is 227 cm³/mol. The van der Waals surface area contributed by atoms with Gasteiger partial charge in [-0.05, 0) is 107 Å². The molecular weight excluding hydrogens is 671 g/mol. The lowest BCUT2D eigenvalue weighted by Gasteiger charge is -2.32. The van der Waals surface area contributed by atoms with E-state index in [9.17, 15) is 0 Å². The summed E-state index contributed by atoms with van der Waals surface area (Å²) in [7, 11) is 0. The smallest absolute Gasteiger partial charge is 0.136 e. The van der Waals surface area contributed by atoms with E-state index in [0.29, 0.717) is 0 Å². The standard InChI is InChI=1S/C52H33NO2/c1-2-12-34(13-3-1)35-24-28-39(29-25-35)53(40-16-10-15-37(32-40)38-27-30-49-45(33-38)42-18-5-8-22-47(42)54-49)46-21-7-4-17-41(46)43-20-11-14-36-26-31-50-52(51(36)43)44-19-6-9-23-48(44)55-50/h1-9,12-15,17-19,21-33H,10,16H2. The number of benzene rings is 7. The van der Waals surface area contributed by atoms with Gasteiger partial charge >= 0.3 is 0 Å². The van der Waals surface area contributed by atoms with E-state index in [1.165, 1.54) is 28.0 Å². The Morgan fingerprint density at radius 3 is 2.09 bits per heavy atom. The second-order valence-corrected chi connectivity index (χ2v) is 14.2. The van der Waals surface area contributed by atoms with Crippen molar-refractivity contribution in [3.8, 4) is 11.1 Å². The molecule has 9 aromatic rings. The fourth-order valence-electron chi connectivity index (χ4n) is 8.42. The van der Waals surface area contributed by atoms with Crippen LogP contribution >= 0.6 is 0 Å². The largest absolute Gasteiger partial charge is 0.456 e. The van der Waals surface area contributed by atoms with Crippen molar-refractivity contribution in [2.75, 3.05) is 4.90 Å². The topological polar surface area (TPSA) is 29.5 Å². The van der Waals surface area contributed by atoms with Gasteiger partial charge < -0.3 is 13.7 Å². The Balaban J connectivity index is 1.09. The van der Waals surface area contributed by atoms with E-state index in [0.717, 1.165) is 90.4 Å². The summed E-state index contributed by atoms with van der Waals surface area (Å²) in [5.74, 6) is 0. The second-order valence-electron chi connectivity index (χ2n) is 14.2. The molecule has 7 aromatic carbocycles. The predicted octanol–water partition coefficient (Wildman–Crippen LogP) is 14.3. The van der Waals surface area contributed by atoms with Gasteiger partial charge in [-0.2, -0.15) is 0 Å². The lowest BCUT2D eigenvalue weighted by Crippen LogP contribution is -2.19. The maximum atomic E-state index is 6.38. The molecule has 2 aliphatic rings. The number of furan rings is 2. The quantitative estimate of drug-likeness (QED) is 0.162. The highest BCUT2D eigenvalue weighted by atomic mass is 16.3. The summed E-state index contributed by atoms with van der Waals surface area (Å²) in [6.45, 7) is 0. The van der Waals surface area contributed by atoms with Gasteiger partial charge in [0.1, 0.15) is 22.3 Å². The third-order valence-electron chi connectivity index (χ3n) is 11.0. The lowest BCUT2D eigenvalue weighted by molar-refractivity contribution is 0.668. The molecule has 11 rings (SSSR count). The van der Waals surface area contributed by atoms with E-state index in [2.05, 4.69) is 162 Å². The van der Waals surface area contributed by atoms with Crippen LogP contribution in [0, 0.1) is 0 Å². The van der Waals surface area contributed by atoms with Crippen LogP contribution < -0.4 is 4.90 Å². The van der Waals surface area contributed by atoms with Crippen molar-refractivity contribution in [1.82, 2.24) is 0 Å². The molecule has 0 bridgehead atoms. The first-order chi connectivity index (χ1) is 27.3.